The van der Waals surface area contributed by atoms with E-state index in [9.17, 15) is 9.90 Å². The van der Waals surface area contributed by atoms with Gasteiger partial charge in [-0.05, 0) is 43.7 Å². The third-order valence-electron chi connectivity index (χ3n) is 3.64. The van der Waals surface area contributed by atoms with Gasteiger partial charge in [-0.1, -0.05) is 18.2 Å². The third kappa shape index (κ3) is 2.18. The molecule has 0 aliphatic rings. The van der Waals surface area contributed by atoms with Gasteiger partial charge in [0.15, 0.2) is 0 Å². The number of fused-ring (bicyclic) bond motifs is 1. The lowest BCUT2D eigenvalue weighted by molar-refractivity contribution is 0.471. The molecular formula is C17H16N2O2. The summed E-state index contributed by atoms with van der Waals surface area (Å²) in [4.78, 5) is 12.3. The zero-order chi connectivity index (χ0) is 15.0. The number of hydrogen-bond donors (Lipinski definition) is 1. The quantitative estimate of drug-likeness (QED) is 0.784. The van der Waals surface area contributed by atoms with E-state index in [4.69, 9.17) is 0 Å². The molecule has 1 heterocycles. The average molecular weight is 280 g/mol. The summed E-state index contributed by atoms with van der Waals surface area (Å²) in [5, 5.41) is 15.6. The van der Waals surface area contributed by atoms with Gasteiger partial charge in [0.25, 0.3) is 5.56 Å². The first-order valence-electron chi connectivity index (χ1n) is 6.91. The zero-order valence-electron chi connectivity index (χ0n) is 12.0. The minimum atomic E-state index is -0.0765. The maximum Gasteiger partial charge on any atom is 0.274 e. The molecule has 0 fully saturated rings. The van der Waals surface area contributed by atoms with Crippen LogP contribution in [0.2, 0.25) is 0 Å². The molecule has 0 atom stereocenters. The summed E-state index contributed by atoms with van der Waals surface area (Å²) < 4.78 is 1.47. The molecule has 0 bridgehead atoms. The monoisotopic (exact) mass is 280 g/mol. The lowest BCUT2D eigenvalue weighted by Crippen LogP contribution is -2.22. The largest absolute Gasteiger partial charge is 0.508 e. The molecule has 4 nitrogen and oxygen atoms in total. The summed E-state index contributed by atoms with van der Waals surface area (Å²) in [7, 11) is 0. The molecule has 3 aromatic rings. The van der Waals surface area contributed by atoms with E-state index in [0.717, 1.165) is 22.2 Å². The fourth-order valence-corrected chi connectivity index (χ4v) is 2.47. The summed E-state index contributed by atoms with van der Waals surface area (Å²) in [6, 6.07) is 12.8. The number of hydrogen-bond acceptors (Lipinski definition) is 3. The molecule has 1 N–H and O–H groups in total. The predicted octanol–water partition coefficient (Wildman–Crippen LogP) is 3.10. The Morgan fingerprint density at radius 3 is 2.52 bits per heavy atom. The van der Waals surface area contributed by atoms with Crippen LogP contribution in [0.5, 0.6) is 5.75 Å². The van der Waals surface area contributed by atoms with Crippen LogP contribution >= 0.6 is 0 Å². The molecule has 21 heavy (non-hydrogen) atoms. The molecular weight excluding hydrogens is 264 g/mol. The summed E-state index contributed by atoms with van der Waals surface area (Å²) in [6.07, 6.45) is 0. The molecule has 0 aliphatic heterocycles. The summed E-state index contributed by atoms with van der Waals surface area (Å²) in [6.45, 7) is 4.26. The van der Waals surface area contributed by atoms with E-state index in [1.54, 1.807) is 6.07 Å². The van der Waals surface area contributed by atoms with Crippen LogP contribution in [-0.4, -0.2) is 14.9 Å². The van der Waals surface area contributed by atoms with Crippen molar-refractivity contribution in [1.82, 2.24) is 9.78 Å². The number of phenolic OH excluding ortho intramolecular Hbond substituents is 1. The standard InChI is InChI=1S/C17H16N2O2/c1-3-19-17(21)14-7-5-4-6-13(14)16(18-19)12-8-9-15(20)11(2)10-12/h4-10,20H,3H2,1-2H3. The molecule has 4 heteroatoms. The van der Waals surface area contributed by atoms with Crippen molar-refractivity contribution in [2.45, 2.75) is 20.4 Å². The lowest BCUT2D eigenvalue weighted by Gasteiger charge is -2.10. The topological polar surface area (TPSA) is 55.1 Å². The Bertz CT molecular complexity index is 882. The molecule has 1 aromatic heterocycles. The Hall–Kier alpha value is -2.62. The maximum absolute atomic E-state index is 12.3. The van der Waals surface area contributed by atoms with Crippen LogP contribution in [0.25, 0.3) is 22.0 Å². The molecule has 2 aromatic carbocycles. The van der Waals surface area contributed by atoms with Gasteiger partial charge in [0.2, 0.25) is 0 Å². The van der Waals surface area contributed by atoms with Crippen molar-refractivity contribution in [1.29, 1.82) is 0 Å². The van der Waals surface area contributed by atoms with Crippen molar-refractivity contribution in [2.24, 2.45) is 0 Å². The number of aryl methyl sites for hydroxylation is 2. The number of aromatic nitrogens is 2. The Kier molecular flexibility index (Phi) is 3.22. The Morgan fingerprint density at radius 1 is 1.14 bits per heavy atom. The predicted molar refractivity (Wildman–Crippen MR) is 83.5 cm³/mol. The number of rotatable bonds is 2. The van der Waals surface area contributed by atoms with Gasteiger partial charge in [-0.2, -0.15) is 5.10 Å². The van der Waals surface area contributed by atoms with Crippen molar-refractivity contribution in [3.05, 3.63) is 58.4 Å². The van der Waals surface area contributed by atoms with Crippen LogP contribution in [-0.2, 0) is 6.54 Å². The Labute approximate surface area is 122 Å². The molecule has 0 aliphatic carbocycles. The van der Waals surface area contributed by atoms with E-state index in [1.165, 1.54) is 4.68 Å². The second-order valence-corrected chi connectivity index (χ2v) is 5.02. The highest BCUT2D eigenvalue weighted by Gasteiger charge is 2.12. The number of aromatic hydroxyl groups is 1. The highest BCUT2D eigenvalue weighted by atomic mass is 16.3. The maximum atomic E-state index is 12.3. The number of nitrogens with zero attached hydrogens (tertiary/aromatic N) is 2. The normalized spacial score (nSPS) is 11.0. The van der Waals surface area contributed by atoms with Crippen molar-refractivity contribution in [2.75, 3.05) is 0 Å². The molecule has 3 rings (SSSR count). The van der Waals surface area contributed by atoms with Gasteiger partial charge >= 0.3 is 0 Å². The molecule has 106 valence electrons. The van der Waals surface area contributed by atoms with Crippen LogP contribution < -0.4 is 5.56 Å². The Balaban J connectivity index is 2.38. The van der Waals surface area contributed by atoms with Gasteiger partial charge < -0.3 is 5.11 Å². The minimum Gasteiger partial charge on any atom is -0.508 e. The molecule has 0 radical (unpaired) electrons. The van der Waals surface area contributed by atoms with Crippen LogP contribution in [0.15, 0.2) is 47.3 Å². The first-order chi connectivity index (χ1) is 10.1. The van der Waals surface area contributed by atoms with Crippen molar-refractivity contribution >= 4 is 10.8 Å². The highest BCUT2D eigenvalue weighted by Crippen LogP contribution is 2.28. The SMILES string of the molecule is CCn1nc(-c2ccc(O)c(C)c2)c2ccccc2c1=O. The molecule has 0 spiro atoms. The van der Waals surface area contributed by atoms with Gasteiger partial charge in [0.05, 0.1) is 11.1 Å². The van der Waals surface area contributed by atoms with Crippen LogP contribution in [0.4, 0.5) is 0 Å². The first-order valence-corrected chi connectivity index (χ1v) is 6.91. The van der Waals surface area contributed by atoms with Gasteiger partial charge in [0.1, 0.15) is 5.75 Å². The average Bonchev–Trinajstić information content (AvgIpc) is 2.51. The second kappa shape index (κ2) is 5.05. The molecule has 0 amide bonds. The summed E-state index contributed by atoms with van der Waals surface area (Å²) in [5.74, 6) is 0.256. The van der Waals surface area contributed by atoms with E-state index in [0.29, 0.717) is 11.9 Å². The second-order valence-electron chi connectivity index (χ2n) is 5.02. The van der Waals surface area contributed by atoms with E-state index in [1.807, 2.05) is 50.2 Å². The lowest BCUT2D eigenvalue weighted by atomic mass is 10.0. The van der Waals surface area contributed by atoms with E-state index in [-0.39, 0.29) is 11.3 Å². The van der Waals surface area contributed by atoms with Crippen molar-refractivity contribution < 1.29 is 5.11 Å². The van der Waals surface area contributed by atoms with Gasteiger partial charge in [-0.15, -0.1) is 0 Å². The van der Waals surface area contributed by atoms with Gasteiger partial charge in [-0.3, -0.25) is 4.79 Å². The van der Waals surface area contributed by atoms with Gasteiger partial charge in [0, 0.05) is 17.5 Å². The summed E-state index contributed by atoms with van der Waals surface area (Å²) >= 11 is 0. The minimum absolute atomic E-state index is 0.0765. The van der Waals surface area contributed by atoms with Crippen molar-refractivity contribution in [3.63, 3.8) is 0 Å². The van der Waals surface area contributed by atoms with Crippen molar-refractivity contribution in [3.8, 4) is 17.0 Å². The fourth-order valence-electron chi connectivity index (χ4n) is 2.47. The summed E-state index contributed by atoms with van der Waals surface area (Å²) in [5.41, 5.74) is 2.36. The number of phenols is 1. The van der Waals surface area contributed by atoms with Crippen LogP contribution in [0.1, 0.15) is 12.5 Å². The Morgan fingerprint density at radius 2 is 1.86 bits per heavy atom. The number of benzene rings is 2. The molecule has 0 saturated heterocycles. The van der Waals surface area contributed by atoms with E-state index in [2.05, 4.69) is 5.10 Å². The smallest absolute Gasteiger partial charge is 0.274 e. The first kappa shape index (κ1) is 13.4. The van der Waals surface area contributed by atoms with Crippen LogP contribution in [0.3, 0.4) is 0 Å². The zero-order valence-corrected chi connectivity index (χ0v) is 12.0. The molecule has 0 unspecified atom stereocenters. The van der Waals surface area contributed by atoms with Crippen LogP contribution in [0, 0.1) is 6.92 Å². The fraction of sp³-hybridized carbons (Fsp3) is 0.176. The highest BCUT2D eigenvalue weighted by molar-refractivity contribution is 5.93. The van der Waals surface area contributed by atoms with E-state index < -0.39 is 0 Å². The molecule has 0 saturated carbocycles. The van der Waals surface area contributed by atoms with E-state index >= 15 is 0 Å². The van der Waals surface area contributed by atoms with Gasteiger partial charge in [-0.25, -0.2) is 4.68 Å². The third-order valence-corrected chi connectivity index (χ3v) is 3.64.